The highest BCUT2D eigenvalue weighted by atomic mass is 16.3. The smallest absolute Gasteiger partial charge is 0.0972 e. The predicted molar refractivity (Wildman–Crippen MR) is 63.9 cm³/mol. The molecular formula is C12H27NO2. The normalized spacial score (nSPS) is 19.6. The molecule has 92 valence electrons. The Kier molecular flexibility index (Phi) is 7.14. The van der Waals surface area contributed by atoms with Crippen molar-refractivity contribution < 1.29 is 10.2 Å². The highest BCUT2D eigenvalue weighted by Gasteiger charge is 2.20. The maximum atomic E-state index is 9.65. The first kappa shape index (κ1) is 14.9. The summed E-state index contributed by atoms with van der Waals surface area (Å²) in [4.78, 5) is 0. The van der Waals surface area contributed by atoms with E-state index in [1.54, 1.807) is 6.92 Å². The van der Waals surface area contributed by atoms with Crippen molar-refractivity contribution in [2.75, 3.05) is 13.2 Å². The van der Waals surface area contributed by atoms with Crippen LogP contribution in [0.4, 0.5) is 0 Å². The molecule has 0 rings (SSSR count). The van der Waals surface area contributed by atoms with Crippen LogP contribution in [0.1, 0.15) is 47.0 Å². The minimum Gasteiger partial charge on any atom is -0.393 e. The maximum absolute atomic E-state index is 9.65. The third kappa shape index (κ3) is 6.88. The predicted octanol–water partition coefficient (Wildman–Crippen LogP) is 1.53. The zero-order chi connectivity index (χ0) is 11.9. The molecule has 0 aromatic carbocycles. The van der Waals surface area contributed by atoms with Gasteiger partial charge in [0.15, 0.2) is 0 Å². The molecule has 0 heterocycles. The van der Waals surface area contributed by atoms with E-state index >= 15 is 0 Å². The summed E-state index contributed by atoms with van der Waals surface area (Å²) in [6.07, 6.45) is 3.38. The van der Waals surface area contributed by atoms with Crippen molar-refractivity contribution in [2.45, 2.75) is 58.6 Å². The Bertz CT molecular complexity index is 160. The molecule has 0 fully saturated rings. The Morgan fingerprint density at radius 1 is 1.27 bits per heavy atom. The largest absolute Gasteiger partial charge is 0.393 e. The third-order valence-corrected chi connectivity index (χ3v) is 2.99. The maximum Gasteiger partial charge on any atom is 0.0972 e. The van der Waals surface area contributed by atoms with Gasteiger partial charge in [0.1, 0.15) is 0 Å². The fourth-order valence-electron chi connectivity index (χ4n) is 1.47. The molecule has 0 saturated carbocycles. The van der Waals surface area contributed by atoms with Crippen molar-refractivity contribution in [3.05, 3.63) is 0 Å². The summed E-state index contributed by atoms with van der Waals surface area (Å²) in [5.74, 6) is 0.710. The van der Waals surface area contributed by atoms with Crippen molar-refractivity contribution >= 4 is 0 Å². The third-order valence-electron chi connectivity index (χ3n) is 2.99. The quantitative estimate of drug-likeness (QED) is 0.578. The molecular weight excluding hydrogens is 190 g/mol. The summed E-state index contributed by atoms with van der Waals surface area (Å²) in [5, 5.41) is 21.9. The molecule has 0 aliphatic carbocycles. The zero-order valence-electron chi connectivity index (χ0n) is 10.6. The van der Waals surface area contributed by atoms with Crippen molar-refractivity contribution in [1.29, 1.82) is 0 Å². The van der Waals surface area contributed by atoms with Crippen LogP contribution in [0.3, 0.4) is 0 Å². The summed E-state index contributed by atoms with van der Waals surface area (Å²) in [5.41, 5.74) is -0.997. The summed E-state index contributed by atoms with van der Waals surface area (Å²) in [7, 11) is 0. The van der Waals surface area contributed by atoms with Gasteiger partial charge in [0, 0.05) is 12.6 Å². The van der Waals surface area contributed by atoms with Gasteiger partial charge in [-0.15, -0.1) is 0 Å². The van der Waals surface area contributed by atoms with Crippen molar-refractivity contribution in [1.82, 2.24) is 5.32 Å². The van der Waals surface area contributed by atoms with E-state index in [1.165, 1.54) is 6.42 Å². The van der Waals surface area contributed by atoms with Crippen LogP contribution < -0.4 is 5.32 Å². The van der Waals surface area contributed by atoms with E-state index in [0.717, 1.165) is 12.8 Å². The molecule has 15 heavy (non-hydrogen) atoms. The van der Waals surface area contributed by atoms with Gasteiger partial charge in [-0.25, -0.2) is 0 Å². The second-order valence-corrected chi connectivity index (χ2v) is 4.89. The van der Waals surface area contributed by atoms with Gasteiger partial charge in [0.05, 0.1) is 12.2 Å². The molecule has 3 unspecified atom stereocenters. The number of aliphatic hydroxyl groups excluding tert-OH is 1. The summed E-state index contributed by atoms with van der Waals surface area (Å²) < 4.78 is 0. The Hall–Kier alpha value is -0.120. The second kappa shape index (κ2) is 7.20. The lowest BCUT2D eigenvalue weighted by atomic mass is 9.97. The lowest BCUT2D eigenvalue weighted by Gasteiger charge is -2.26. The molecule has 0 amide bonds. The summed E-state index contributed by atoms with van der Waals surface area (Å²) in [6, 6.07) is 0.443. The van der Waals surface area contributed by atoms with E-state index in [1.807, 2.05) is 0 Å². The second-order valence-electron chi connectivity index (χ2n) is 4.89. The Morgan fingerprint density at radius 2 is 1.87 bits per heavy atom. The number of hydrogen-bond donors (Lipinski definition) is 3. The van der Waals surface area contributed by atoms with Crippen LogP contribution in [0.5, 0.6) is 0 Å². The average Bonchev–Trinajstić information content (AvgIpc) is 2.23. The van der Waals surface area contributed by atoms with Gasteiger partial charge < -0.3 is 15.5 Å². The van der Waals surface area contributed by atoms with Crippen LogP contribution >= 0.6 is 0 Å². The van der Waals surface area contributed by atoms with E-state index in [-0.39, 0.29) is 6.61 Å². The van der Waals surface area contributed by atoms with Crippen molar-refractivity contribution in [2.24, 2.45) is 5.92 Å². The summed E-state index contributed by atoms with van der Waals surface area (Å²) >= 11 is 0. The minimum absolute atomic E-state index is 0.195. The van der Waals surface area contributed by atoms with Crippen LogP contribution in [0.25, 0.3) is 0 Å². The van der Waals surface area contributed by atoms with Gasteiger partial charge in [-0.2, -0.15) is 0 Å². The van der Waals surface area contributed by atoms with E-state index < -0.39 is 5.60 Å². The van der Waals surface area contributed by atoms with E-state index in [2.05, 4.69) is 26.1 Å². The number of aliphatic hydroxyl groups is 2. The van der Waals surface area contributed by atoms with Gasteiger partial charge >= 0.3 is 0 Å². The Labute approximate surface area is 93.9 Å². The first-order valence-corrected chi connectivity index (χ1v) is 6.01. The molecule has 0 spiro atoms. The molecule has 0 bridgehead atoms. The van der Waals surface area contributed by atoms with Crippen LogP contribution in [0.2, 0.25) is 0 Å². The van der Waals surface area contributed by atoms with Crippen molar-refractivity contribution in [3.63, 3.8) is 0 Å². The fourth-order valence-corrected chi connectivity index (χ4v) is 1.47. The molecule has 0 radical (unpaired) electrons. The summed E-state index contributed by atoms with van der Waals surface area (Å²) in [6.45, 7) is 8.50. The number of nitrogens with one attached hydrogen (secondary N) is 1. The Balaban J connectivity index is 3.89. The van der Waals surface area contributed by atoms with Gasteiger partial charge in [-0.05, 0) is 25.7 Å². The van der Waals surface area contributed by atoms with Crippen LogP contribution in [-0.2, 0) is 0 Å². The zero-order valence-corrected chi connectivity index (χ0v) is 10.6. The number of rotatable bonds is 8. The topological polar surface area (TPSA) is 52.5 Å². The number of hydrogen-bond acceptors (Lipinski definition) is 3. The van der Waals surface area contributed by atoms with E-state index in [9.17, 15) is 5.11 Å². The van der Waals surface area contributed by atoms with Gasteiger partial charge in [0.25, 0.3) is 0 Å². The molecule has 0 aromatic heterocycles. The molecule has 3 N–H and O–H groups in total. The molecule has 3 heteroatoms. The van der Waals surface area contributed by atoms with Gasteiger partial charge in [-0.1, -0.05) is 27.2 Å². The molecule has 3 nitrogen and oxygen atoms in total. The van der Waals surface area contributed by atoms with Crippen LogP contribution in [0, 0.1) is 5.92 Å². The molecule has 0 aliphatic rings. The van der Waals surface area contributed by atoms with E-state index in [0.29, 0.717) is 18.5 Å². The van der Waals surface area contributed by atoms with Crippen LogP contribution in [-0.4, -0.2) is 35.0 Å². The average molecular weight is 217 g/mol. The lowest BCUT2D eigenvalue weighted by Crippen LogP contribution is -2.45. The first-order chi connectivity index (χ1) is 6.95. The molecule has 0 saturated heterocycles. The highest BCUT2D eigenvalue weighted by molar-refractivity contribution is 4.77. The van der Waals surface area contributed by atoms with Crippen molar-refractivity contribution in [3.8, 4) is 0 Å². The highest BCUT2D eigenvalue weighted by Crippen LogP contribution is 2.12. The van der Waals surface area contributed by atoms with Gasteiger partial charge in [-0.3, -0.25) is 0 Å². The van der Waals surface area contributed by atoms with Crippen LogP contribution in [0.15, 0.2) is 0 Å². The SMILES string of the molecule is CCC(C)CC(CC)NCC(C)(O)CO. The molecule has 0 aromatic rings. The van der Waals surface area contributed by atoms with E-state index in [4.69, 9.17) is 5.11 Å². The molecule has 0 aliphatic heterocycles. The standard InChI is InChI=1S/C12H27NO2/c1-5-10(3)7-11(6-2)13-8-12(4,15)9-14/h10-11,13-15H,5-9H2,1-4H3. The monoisotopic (exact) mass is 217 g/mol. The van der Waals surface area contributed by atoms with Gasteiger partial charge in [0.2, 0.25) is 0 Å². The lowest BCUT2D eigenvalue weighted by molar-refractivity contribution is 0.000140. The minimum atomic E-state index is -0.997. The Morgan fingerprint density at radius 3 is 2.27 bits per heavy atom. The first-order valence-electron chi connectivity index (χ1n) is 6.01. The fraction of sp³-hybridized carbons (Fsp3) is 1.00. The molecule has 3 atom stereocenters.